The standard InChI is InChI=1S/C12H15ClN2O2S2/c13-9-1-2-11(10(5-9)12(14)18)15-6-8-3-4-19(16,17)7-8/h1-2,5,8,15H,3-4,6-7H2,(H2,14,18). The zero-order valence-electron chi connectivity index (χ0n) is 10.2. The molecule has 0 saturated carbocycles. The molecule has 7 heteroatoms. The maximum atomic E-state index is 11.4. The van der Waals surface area contributed by atoms with Crippen LogP contribution >= 0.6 is 23.8 Å². The molecule has 0 radical (unpaired) electrons. The van der Waals surface area contributed by atoms with Gasteiger partial charge in [0.1, 0.15) is 4.99 Å². The first-order valence-electron chi connectivity index (χ1n) is 5.91. The van der Waals surface area contributed by atoms with Crippen LogP contribution in [0.1, 0.15) is 12.0 Å². The normalized spacial score (nSPS) is 21.2. The van der Waals surface area contributed by atoms with Crippen LogP contribution in [0.15, 0.2) is 18.2 Å². The SMILES string of the molecule is NC(=S)c1cc(Cl)ccc1NCC1CCS(=O)(=O)C1. The van der Waals surface area contributed by atoms with E-state index >= 15 is 0 Å². The molecule has 2 rings (SSSR count). The molecule has 1 aromatic carbocycles. The molecule has 1 saturated heterocycles. The van der Waals surface area contributed by atoms with Crippen LogP contribution in [0.25, 0.3) is 0 Å². The smallest absolute Gasteiger partial charge is 0.150 e. The summed E-state index contributed by atoms with van der Waals surface area (Å²) >= 11 is 10.9. The van der Waals surface area contributed by atoms with Gasteiger partial charge in [0, 0.05) is 22.8 Å². The fourth-order valence-electron chi connectivity index (χ4n) is 2.16. The number of nitrogens with one attached hydrogen (secondary N) is 1. The van der Waals surface area contributed by atoms with Crippen molar-refractivity contribution in [2.75, 3.05) is 23.4 Å². The van der Waals surface area contributed by atoms with E-state index in [0.29, 0.717) is 23.6 Å². The highest BCUT2D eigenvalue weighted by molar-refractivity contribution is 7.91. The van der Waals surface area contributed by atoms with Gasteiger partial charge in [-0.25, -0.2) is 8.42 Å². The van der Waals surface area contributed by atoms with Gasteiger partial charge in [0.2, 0.25) is 0 Å². The highest BCUT2D eigenvalue weighted by atomic mass is 35.5. The third kappa shape index (κ3) is 3.81. The van der Waals surface area contributed by atoms with Crippen LogP contribution in [-0.2, 0) is 9.84 Å². The lowest BCUT2D eigenvalue weighted by molar-refractivity contribution is 0.596. The van der Waals surface area contributed by atoms with Gasteiger partial charge >= 0.3 is 0 Å². The number of hydrogen-bond acceptors (Lipinski definition) is 4. The van der Waals surface area contributed by atoms with Gasteiger partial charge < -0.3 is 11.1 Å². The Labute approximate surface area is 123 Å². The summed E-state index contributed by atoms with van der Waals surface area (Å²) in [6.07, 6.45) is 0.700. The van der Waals surface area contributed by atoms with Crippen LogP contribution in [0.5, 0.6) is 0 Å². The molecule has 104 valence electrons. The fraction of sp³-hybridized carbons (Fsp3) is 0.417. The quantitative estimate of drug-likeness (QED) is 0.829. The van der Waals surface area contributed by atoms with Crippen LogP contribution in [-0.4, -0.2) is 31.5 Å². The van der Waals surface area contributed by atoms with Crippen molar-refractivity contribution < 1.29 is 8.42 Å². The number of hydrogen-bond donors (Lipinski definition) is 2. The van der Waals surface area contributed by atoms with Crippen LogP contribution in [0.3, 0.4) is 0 Å². The minimum atomic E-state index is -2.84. The van der Waals surface area contributed by atoms with E-state index < -0.39 is 9.84 Å². The maximum absolute atomic E-state index is 11.4. The predicted molar refractivity (Wildman–Crippen MR) is 82.6 cm³/mol. The Balaban J connectivity index is 2.06. The Hall–Kier alpha value is -0.850. The topological polar surface area (TPSA) is 72.2 Å². The third-order valence-electron chi connectivity index (χ3n) is 3.16. The first kappa shape index (κ1) is 14.6. The summed E-state index contributed by atoms with van der Waals surface area (Å²) in [7, 11) is -2.84. The Morgan fingerprint density at radius 3 is 2.84 bits per heavy atom. The number of benzene rings is 1. The second-order valence-electron chi connectivity index (χ2n) is 4.70. The van der Waals surface area contributed by atoms with Gasteiger partial charge in [0.15, 0.2) is 9.84 Å². The van der Waals surface area contributed by atoms with Crippen molar-refractivity contribution >= 4 is 44.3 Å². The van der Waals surface area contributed by atoms with E-state index in [2.05, 4.69) is 5.32 Å². The van der Waals surface area contributed by atoms with Crippen LogP contribution < -0.4 is 11.1 Å². The summed E-state index contributed by atoms with van der Waals surface area (Å²) in [5.74, 6) is 0.665. The molecule has 0 aliphatic carbocycles. The van der Waals surface area contributed by atoms with Gasteiger partial charge in [-0.05, 0) is 30.5 Å². The highest BCUT2D eigenvalue weighted by Crippen LogP contribution is 2.23. The Morgan fingerprint density at radius 2 is 2.26 bits per heavy atom. The van der Waals surface area contributed by atoms with E-state index in [1.807, 2.05) is 0 Å². The number of halogens is 1. The van der Waals surface area contributed by atoms with Gasteiger partial charge in [-0.2, -0.15) is 0 Å². The molecular weight excluding hydrogens is 304 g/mol. The highest BCUT2D eigenvalue weighted by Gasteiger charge is 2.27. The van der Waals surface area contributed by atoms with Crippen molar-refractivity contribution in [1.29, 1.82) is 0 Å². The van der Waals surface area contributed by atoms with Gasteiger partial charge in [-0.3, -0.25) is 0 Å². The van der Waals surface area contributed by atoms with Crippen molar-refractivity contribution in [1.82, 2.24) is 0 Å². The number of thiocarbonyl (C=S) groups is 1. The van der Waals surface area contributed by atoms with Gasteiger partial charge in [-0.15, -0.1) is 0 Å². The van der Waals surface area contributed by atoms with E-state index in [1.54, 1.807) is 18.2 Å². The van der Waals surface area contributed by atoms with Crippen molar-refractivity contribution in [3.05, 3.63) is 28.8 Å². The summed E-state index contributed by atoms with van der Waals surface area (Å²) in [4.78, 5) is 0.268. The lowest BCUT2D eigenvalue weighted by Crippen LogP contribution is -2.18. The van der Waals surface area contributed by atoms with E-state index in [-0.39, 0.29) is 22.4 Å². The average molecular weight is 319 g/mol. The molecule has 19 heavy (non-hydrogen) atoms. The molecule has 1 aliphatic heterocycles. The van der Waals surface area contributed by atoms with Crippen molar-refractivity contribution in [2.45, 2.75) is 6.42 Å². The summed E-state index contributed by atoms with van der Waals surface area (Å²) in [5, 5.41) is 3.78. The summed E-state index contributed by atoms with van der Waals surface area (Å²) in [5.41, 5.74) is 7.12. The predicted octanol–water partition coefficient (Wildman–Crippen LogP) is 1.82. The minimum absolute atomic E-state index is 0.139. The molecule has 3 N–H and O–H groups in total. The summed E-state index contributed by atoms with van der Waals surface area (Å²) < 4.78 is 22.8. The first-order valence-corrected chi connectivity index (χ1v) is 8.52. The first-order chi connectivity index (χ1) is 8.87. The molecule has 0 spiro atoms. The van der Waals surface area contributed by atoms with E-state index in [4.69, 9.17) is 29.6 Å². The molecule has 1 heterocycles. The van der Waals surface area contributed by atoms with Crippen LogP contribution in [0, 0.1) is 5.92 Å². The molecule has 1 fully saturated rings. The molecule has 1 aromatic rings. The number of anilines is 1. The number of sulfone groups is 1. The van der Waals surface area contributed by atoms with E-state index in [0.717, 1.165) is 5.69 Å². The molecular formula is C12H15ClN2O2S2. The monoisotopic (exact) mass is 318 g/mol. The van der Waals surface area contributed by atoms with Gasteiger partial charge in [-0.1, -0.05) is 23.8 Å². The third-order valence-corrected chi connectivity index (χ3v) is 5.45. The molecule has 0 aromatic heterocycles. The maximum Gasteiger partial charge on any atom is 0.150 e. The number of rotatable bonds is 4. The lowest BCUT2D eigenvalue weighted by Gasteiger charge is -2.14. The van der Waals surface area contributed by atoms with E-state index in [9.17, 15) is 8.42 Å². The Bertz CT molecular complexity index is 602. The Kier molecular flexibility index (Phi) is 4.32. The van der Waals surface area contributed by atoms with Crippen molar-refractivity contribution in [3.63, 3.8) is 0 Å². The largest absolute Gasteiger partial charge is 0.389 e. The summed E-state index contributed by atoms with van der Waals surface area (Å²) in [6, 6.07) is 5.26. The zero-order valence-corrected chi connectivity index (χ0v) is 12.6. The Morgan fingerprint density at radius 1 is 1.53 bits per heavy atom. The summed E-state index contributed by atoms with van der Waals surface area (Å²) in [6.45, 7) is 0.594. The van der Waals surface area contributed by atoms with E-state index in [1.165, 1.54) is 0 Å². The van der Waals surface area contributed by atoms with Crippen LogP contribution in [0.4, 0.5) is 5.69 Å². The average Bonchev–Trinajstić information content (AvgIpc) is 2.67. The minimum Gasteiger partial charge on any atom is -0.389 e. The fourth-order valence-corrected chi connectivity index (χ4v) is 4.36. The second kappa shape index (κ2) is 5.64. The van der Waals surface area contributed by atoms with Gasteiger partial charge in [0.05, 0.1) is 11.5 Å². The molecule has 1 aliphatic rings. The number of nitrogens with two attached hydrogens (primary N) is 1. The van der Waals surface area contributed by atoms with Crippen molar-refractivity contribution in [3.8, 4) is 0 Å². The van der Waals surface area contributed by atoms with Crippen LogP contribution in [0.2, 0.25) is 5.02 Å². The molecule has 1 atom stereocenters. The molecule has 0 bridgehead atoms. The molecule has 4 nitrogen and oxygen atoms in total. The van der Waals surface area contributed by atoms with Crippen molar-refractivity contribution in [2.24, 2.45) is 11.7 Å². The molecule has 1 unspecified atom stereocenters. The zero-order chi connectivity index (χ0) is 14.0. The lowest BCUT2D eigenvalue weighted by atomic mass is 10.1. The molecule has 0 amide bonds. The van der Waals surface area contributed by atoms with Gasteiger partial charge in [0.25, 0.3) is 0 Å². The second-order valence-corrected chi connectivity index (χ2v) is 7.81.